The van der Waals surface area contributed by atoms with Crippen LogP contribution in [-0.4, -0.2) is 15.2 Å². The molecular formula is C29H32FN3O3. The zero-order valence-corrected chi connectivity index (χ0v) is 21.5. The fourth-order valence-corrected chi connectivity index (χ4v) is 6.40. The molecule has 2 aromatic heterocycles. The lowest BCUT2D eigenvalue weighted by atomic mass is 9.82. The average molecular weight is 490 g/mol. The molecule has 0 saturated carbocycles. The number of ether oxygens (including phenoxy) is 2. The number of nitrogens with zero attached hydrogens (tertiary/aromatic N) is 2. The number of aromatic nitrogens is 2. The van der Waals surface area contributed by atoms with Crippen molar-refractivity contribution in [3.05, 3.63) is 74.0 Å². The van der Waals surface area contributed by atoms with Gasteiger partial charge >= 0.3 is 0 Å². The van der Waals surface area contributed by atoms with Crippen LogP contribution >= 0.6 is 0 Å². The molecule has 1 aromatic carbocycles. The summed E-state index contributed by atoms with van der Waals surface area (Å²) in [6.45, 7) is 14.5. The summed E-state index contributed by atoms with van der Waals surface area (Å²) >= 11 is 0. The molecular weight excluding hydrogens is 457 g/mol. The van der Waals surface area contributed by atoms with Crippen LogP contribution in [0.5, 0.6) is 0 Å². The first-order chi connectivity index (χ1) is 17.0. The molecule has 36 heavy (non-hydrogen) atoms. The lowest BCUT2D eigenvalue weighted by Crippen LogP contribution is -2.44. The molecule has 188 valence electrons. The van der Waals surface area contributed by atoms with Gasteiger partial charge < -0.3 is 19.8 Å². The van der Waals surface area contributed by atoms with E-state index in [1.807, 2.05) is 40.7 Å². The Balaban J connectivity index is 1.66. The van der Waals surface area contributed by atoms with E-state index < -0.39 is 11.2 Å². The third-order valence-corrected chi connectivity index (χ3v) is 8.03. The molecule has 0 fully saturated rings. The van der Waals surface area contributed by atoms with Crippen molar-refractivity contribution >= 4 is 10.9 Å². The first-order valence-electron chi connectivity index (χ1n) is 12.7. The average Bonchev–Trinajstić information content (AvgIpc) is 3.18. The van der Waals surface area contributed by atoms with Crippen LogP contribution in [0.2, 0.25) is 0 Å². The zero-order chi connectivity index (χ0) is 25.7. The molecule has 2 aliphatic heterocycles. The van der Waals surface area contributed by atoms with E-state index in [4.69, 9.17) is 20.2 Å². The molecule has 4 heterocycles. The maximum atomic E-state index is 14.9. The second kappa shape index (κ2) is 7.49. The van der Waals surface area contributed by atoms with E-state index in [2.05, 4.69) is 6.58 Å². The summed E-state index contributed by atoms with van der Waals surface area (Å²) in [6, 6.07) is 3.32. The number of halogens is 1. The van der Waals surface area contributed by atoms with Gasteiger partial charge in [0.1, 0.15) is 18.2 Å². The number of rotatable bonds is 2. The Morgan fingerprint density at radius 1 is 1.31 bits per heavy atom. The first-order valence-corrected chi connectivity index (χ1v) is 12.7. The molecule has 3 aliphatic rings. The Kier molecular flexibility index (Phi) is 4.87. The van der Waals surface area contributed by atoms with Gasteiger partial charge in [0.2, 0.25) is 0 Å². The van der Waals surface area contributed by atoms with E-state index in [1.54, 1.807) is 4.57 Å². The van der Waals surface area contributed by atoms with Crippen LogP contribution in [0.3, 0.4) is 0 Å². The van der Waals surface area contributed by atoms with Crippen molar-refractivity contribution in [1.82, 2.24) is 9.55 Å². The molecule has 6 rings (SSSR count). The van der Waals surface area contributed by atoms with Crippen molar-refractivity contribution in [2.75, 3.05) is 0 Å². The minimum atomic E-state index is -0.957. The fourth-order valence-electron chi connectivity index (χ4n) is 6.40. The van der Waals surface area contributed by atoms with Gasteiger partial charge in [0.25, 0.3) is 5.56 Å². The summed E-state index contributed by atoms with van der Waals surface area (Å²) < 4.78 is 29.1. The number of aryl methyl sites for hydroxylation is 1. The van der Waals surface area contributed by atoms with E-state index in [0.29, 0.717) is 46.8 Å². The van der Waals surface area contributed by atoms with Crippen molar-refractivity contribution in [3.8, 4) is 11.4 Å². The Bertz CT molecular complexity index is 1550. The summed E-state index contributed by atoms with van der Waals surface area (Å²) in [5, 5.41) is 0.952. The second-order valence-corrected chi connectivity index (χ2v) is 11.3. The molecule has 1 aliphatic carbocycles. The molecule has 0 amide bonds. The van der Waals surface area contributed by atoms with Crippen LogP contribution in [0.25, 0.3) is 22.3 Å². The Morgan fingerprint density at radius 3 is 2.75 bits per heavy atom. The highest BCUT2D eigenvalue weighted by Gasteiger charge is 2.46. The van der Waals surface area contributed by atoms with Crippen LogP contribution in [0.15, 0.2) is 29.3 Å². The van der Waals surface area contributed by atoms with Gasteiger partial charge in [-0.1, -0.05) is 13.5 Å². The number of hydrogen-bond acceptors (Lipinski definition) is 5. The van der Waals surface area contributed by atoms with Gasteiger partial charge in [-0.05, 0) is 69.7 Å². The third-order valence-electron chi connectivity index (χ3n) is 8.03. The standard InChI is InChI=1S/C29H32FN3O3/c1-7-29(36-28(4,5)6)15(3)35-13-18-19(29)10-23-26-17(12-33(23)27(18)34)24-21(31)9-8-16-14(2)20(30)11-22(32-26)25(16)24/h10-11,21H,3,7-9,12-13,31H2,1-2,4-6H3/t21-,29+/m0/s1. The molecule has 0 unspecified atom stereocenters. The Labute approximate surface area is 209 Å². The summed E-state index contributed by atoms with van der Waals surface area (Å²) in [6.07, 6.45) is 2.01. The minimum Gasteiger partial charge on any atom is -0.490 e. The van der Waals surface area contributed by atoms with E-state index in [0.717, 1.165) is 40.5 Å². The monoisotopic (exact) mass is 489 g/mol. The largest absolute Gasteiger partial charge is 0.490 e. The van der Waals surface area contributed by atoms with Crippen LogP contribution < -0.4 is 11.3 Å². The Hall–Kier alpha value is -3.03. The van der Waals surface area contributed by atoms with Crippen molar-refractivity contribution in [2.24, 2.45) is 5.73 Å². The van der Waals surface area contributed by atoms with Crippen LogP contribution in [0, 0.1) is 12.7 Å². The fraction of sp³-hybridized carbons (Fsp3) is 0.448. The number of benzene rings is 1. The van der Waals surface area contributed by atoms with Gasteiger partial charge in [0, 0.05) is 28.6 Å². The first kappa shape index (κ1) is 23.4. The second-order valence-electron chi connectivity index (χ2n) is 11.3. The van der Waals surface area contributed by atoms with Crippen molar-refractivity contribution in [2.45, 2.75) is 84.3 Å². The summed E-state index contributed by atoms with van der Waals surface area (Å²) in [4.78, 5) is 18.8. The smallest absolute Gasteiger partial charge is 0.258 e. The lowest BCUT2D eigenvalue weighted by molar-refractivity contribution is -0.149. The van der Waals surface area contributed by atoms with E-state index in [1.165, 1.54) is 6.07 Å². The van der Waals surface area contributed by atoms with Crippen molar-refractivity contribution in [3.63, 3.8) is 0 Å². The molecule has 3 aromatic rings. The molecule has 7 heteroatoms. The SMILES string of the molecule is C=C1OCc2c(cc3n(c2=O)Cc2c-3nc3cc(F)c(C)c4c3c2[C@@H](N)CC4)[C@]1(CC)OC(C)(C)C. The van der Waals surface area contributed by atoms with Gasteiger partial charge in [-0.3, -0.25) is 4.79 Å². The third kappa shape index (κ3) is 3.02. The number of pyridine rings is 2. The van der Waals surface area contributed by atoms with Gasteiger partial charge in [-0.25, -0.2) is 9.37 Å². The molecule has 0 bridgehead atoms. The predicted molar refractivity (Wildman–Crippen MR) is 137 cm³/mol. The van der Waals surface area contributed by atoms with Gasteiger partial charge in [-0.2, -0.15) is 0 Å². The van der Waals surface area contributed by atoms with Crippen LogP contribution in [0.4, 0.5) is 4.39 Å². The summed E-state index contributed by atoms with van der Waals surface area (Å²) in [5.41, 5.74) is 12.0. The van der Waals surface area contributed by atoms with Crippen LogP contribution in [0.1, 0.15) is 80.0 Å². The van der Waals surface area contributed by atoms with Gasteiger partial charge in [0.05, 0.1) is 34.6 Å². The predicted octanol–water partition coefficient (Wildman–Crippen LogP) is 5.28. The number of nitrogens with two attached hydrogens (primary N) is 1. The quantitative estimate of drug-likeness (QED) is 0.414. The van der Waals surface area contributed by atoms with E-state index in [9.17, 15) is 9.18 Å². The molecule has 0 saturated heterocycles. The van der Waals surface area contributed by atoms with Crippen molar-refractivity contribution < 1.29 is 13.9 Å². The van der Waals surface area contributed by atoms with Gasteiger partial charge in [0.15, 0.2) is 5.60 Å². The number of hydrogen-bond donors (Lipinski definition) is 1. The summed E-state index contributed by atoms with van der Waals surface area (Å²) in [7, 11) is 0. The molecule has 6 nitrogen and oxygen atoms in total. The number of fused-ring (bicyclic) bond motifs is 5. The van der Waals surface area contributed by atoms with E-state index in [-0.39, 0.29) is 24.0 Å². The summed E-state index contributed by atoms with van der Waals surface area (Å²) in [5.74, 6) is 0.241. The highest BCUT2D eigenvalue weighted by atomic mass is 19.1. The zero-order valence-electron chi connectivity index (χ0n) is 21.5. The van der Waals surface area contributed by atoms with E-state index >= 15 is 0 Å². The molecule has 2 N–H and O–H groups in total. The van der Waals surface area contributed by atoms with Crippen LogP contribution in [-0.2, 0) is 34.6 Å². The normalized spacial score (nSPS) is 22.3. The highest BCUT2D eigenvalue weighted by Crippen LogP contribution is 2.48. The molecule has 0 spiro atoms. The highest BCUT2D eigenvalue weighted by molar-refractivity contribution is 5.92. The minimum absolute atomic E-state index is 0.119. The van der Waals surface area contributed by atoms with Crippen molar-refractivity contribution in [1.29, 1.82) is 0 Å². The lowest BCUT2D eigenvalue weighted by Gasteiger charge is -2.43. The van der Waals surface area contributed by atoms with Gasteiger partial charge in [-0.15, -0.1) is 0 Å². The topological polar surface area (TPSA) is 79.4 Å². The maximum absolute atomic E-state index is 14.9. The maximum Gasteiger partial charge on any atom is 0.258 e. The molecule has 0 radical (unpaired) electrons. The Morgan fingerprint density at radius 2 is 2.06 bits per heavy atom. The molecule has 2 atom stereocenters.